The smallest absolute Gasteiger partial charge is 0.338 e. The van der Waals surface area contributed by atoms with E-state index in [1.165, 1.54) is 25.9 Å². The van der Waals surface area contributed by atoms with Gasteiger partial charge < -0.3 is 23.8 Å². The van der Waals surface area contributed by atoms with Gasteiger partial charge in [-0.05, 0) is 37.6 Å². The number of allylic oxidation sites excluding steroid dienone is 1. The highest BCUT2D eigenvalue weighted by atomic mass is 32.1. The topological polar surface area (TPSA) is 109 Å². The number of rotatable bonds is 8. The van der Waals surface area contributed by atoms with Gasteiger partial charge >= 0.3 is 5.97 Å². The minimum Gasteiger partial charge on any atom is -0.493 e. The third-order valence-corrected chi connectivity index (χ3v) is 8.01. The van der Waals surface area contributed by atoms with Gasteiger partial charge in [-0.3, -0.25) is 14.2 Å². The van der Waals surface area contributed by atoms with Crippen molar-refractivity contribution in [3.05, 3.63) is 91.1 Å². The largest absolute Gasteiger partial charge is 0.493 e. The van der Waals surface area contributed by atoms with Gasteiger partial charge in [0.05, 0.1) is 56.5 Å². The number of fused-ring (bicyclic) bond motifs is 2. The second-order valence-electron chi connectivity index (χ2n) is 9.18. The summed E-state index contributed by atoms with van der Waals surface area (Å²) in [6, 6.07) is 9.75. The number of nitrogens with zero attached hydrogens (tertiary/aromatic N) is 3. The predicted octanol–water partition coefficient (Wildman–Crippen LogP) is 2.73. The van der Waals surface area contributed by atoms with Crippen molar-refractivity contribution in [1.82, 2.24) is 4.57 Å². The zero-order valence-corrected chi connectivity index (χ0v) is 24.2. The lowest BCUT2D eigenvalue weighted by atomic mass is 9.95. The number of anilines is 1. The molecule has 0 fully saturated rings. The summed E-state index contributed by atoms with van der Waals surface area (Å²) in [6.45, 7) is 7.60. The van der Waals surface area contributed by atoms with Crippen molar-refractivity contribution in [2.45, 2.75) is 19.9 Å². The second kappa shape index (κ2) is 11.1. The fourth-order valence-corrected chi connectivity index (χ4v) is 6.36. The zero-order valence-electron chi connectivity index (χ0n) is 23.3. The Kier molecular flexibility index (Phi) is 7.55. The summed E-state index contributed by atoms with van der Waals surface area (Å²) in [6.07, 6.45) is 1.64. The highest BCUT2D eigenvalue weighted by Crippen LogP contribution is 2.42. The molecule has 2 aromatic carbocycles. The SMILES string of the molecule is C=CCN1C(=O)/C(=c2/sc3n(c2=O)C(c2cc(OC)c(OC)c(OC)c2)C(C(=O)OCC)=C(C)N=3)c2ccccc21. The molecule has 3 aromatic rings. The molecule has 0 radical (unpaired) electrons. The van der Waals surface area contributed by atoms with Gasteiger partial charge in [-0.1, -0.05) is 35.6 Å². The molecule has 0 saturated carbocycles. The van der Waals surface area contributed by atoms with Gasteiger partial charge in [0.2, 0.25) is 5.75 Å². The third-order valence-electron chi connectivity index (χ3n) is 6.96. The fourth-order valence-electron chi connectivity index (χ4n) is 5.23. The molecule has 0 spiro atoms. The molecule has 0 N–H and O–H groups in total. The maximum Gasteiger partial charge on any atom is 0.338 e. The van der Waals surface area contributed by atoms with E-state index in [9.17, 15) is 14.4 Å². The van der Waals surface area contributed by atoms with E-state index in [1.54, 1.807) is 37.0 Å². The molecule has 10 nitrogen and oxygen atoms in total. The molecule has 11 heteroatoms. The summed E-state index contributed by atoms with van der Waals surface area (Å²) in [5, 5.41) is 0. The molecule has 0 saturated heterocycles. The van der Waals surface area contributed by atoms with Crippen LogP contribution in [0.2, 0.25) is 0 Å². The Morgan fingerprint density at radius 2 is 1.78 bits per heavy atom. The number of aromatic nitrogens is 1. The predicted molar refractivity (Wildman–Crippen MR) is 154 cm³/mol. The first kappa shape index (κ1) is 27.9. The average molecular weight is 576 g/mol. The molecular weight excluding hydrogens is 546 g/mol. The van der Waals surface area contributed by atoms with Crippen LogP contribution in [0, 0.1) is 0 Å². The van der Waals surface area contributed by atoms with Crippen LogP contribution in [-0.2, 0) is 14.3 Å². The standard InChI is InChI=1S/C30H29N3O7S/c1-7-13-32-19-12-10-9-11-18(19)23(27(32)34)26-28(35)33-24(17-14-20(37-4)25(39-6)21(15-17)38-5)22(29(36)40-8-2)16(3)31-30(33)41-26/h7,9-12,14-15,24H,1,8,13H2,2-6H3/b26-23+. The molecule has 2 aliphatic heterocycles. The van der Waals surface area contributed by atoms with Crippen LogP contribution < -0.4 is 34.0 Å². The number of hydrogen-bond donors (Lipinski definition) is 0. The van der Waals surface area contributed by atoms with Crippen LogP contribution in [0.5, 0.6) is 17.2 Å². The van der Waals surface area contributed by atoms with E-state index in [2.05, 4.69) is 11.6 Å². The first-order valence-corrected chi connectivity index (χ1v) is 13.7. The van der Waals surface area contributed by atoms with Crippen molar-refractivity contribution in [3.63, 3.8) is 0 Å². The van der Waals surface area contributed by atoms with Crippen molar-refractivity contribution < 1.29 is 28.5 Å². The van der Waals surface area contributed by atoms with Crippen molar-refractivity contribution in [2.24, 2.45) is 4.99 Å². The van der Waals surface area contributed by atoms with Crippen LogP contribution in [0.25, 0.3) is 5.57 Å². The number of esters is 1. The normalized spacial score (nSPS) is 17.0. The summed E-state index contributed by atoms with van der Waals surface area (Å²) in [5.74, 6) is 0.156. The van der Waals surface area contributed by atoms with Crippen LogP contribution in [0.15, 0.2) is 70.1 Å². The number of carbonyl (C=O) groups excluding carboxylic acids is 2. The number of methoxy groups -OCH3 is 3. The summed E-state index contributed by atoms with van der Waals surface area (Å²) < 4.78 is 23.7. The molecule has 41 heavy (non-hydrogen) atoms. The monoisotopic (exact) mass is 575 g/mol. The second-order valence-corrected chi connectivity index (χ2v) is 10.2. The number of amides is 1. The lowest BCUT2D eigenvalue weighted by Crippen LogP contribution is -2.41. The Morgan fingerprint density at radius 3 is 2.39 bits per heavy atom. The van der Waals surface area contributed by atoms with Gasteiger partial charge in [0.1, 0.15) is 4.53 Å². The minimum atomic E-state index is -0.940. The van der Waals surface area contributed by atoms with E-state index in [0.717, 1.165) is 11.3 Å². The maximum atomic E-state index is 14.3. The molecule has 1 amide bonds. The average Bonchev–Trinajstić information content (AvgIpc) is 3.43. The van der Waals surface area contributed by atoms with Crippen LogP contribution in [0.3, 0.4) is 0 Å². The number of benzene rings is 2. The van der Waals surface area contributed by atoms with E-state index in [-0.39, 0.29) is 34.7 Å². The van der Waals surface area contributed by atoms with Gasteiger partial charge in [-0.2, -0.15) is 0 Å². The van der Waals surface area contributed by atoms with Crippen molar-refractivity contribution in [1.29, 1.82) is 0 Å². The van der Waals surface area contributed by atoms with Crippen LogP contribution in [0.4, 0.5) is 5.69 Å². The van der Waals surface area contributed by atoms with Crippen LogP contribution >= 0.6 is 11.3 Å². The number of thiazole rings is 1. The lowest BCUT2D eigenvalue weighted by molar-refractivity contribution is -0.139. The minimum absolute atomic E-state index is 0.135. The van der Waals surface area contributed by atoms with Crippen molar-refractivity contribution in [2.75, 3.05) is 39.4 Å². The number of para-hydroxylation sites is 1. The maximum absolute atomic E-state index is 14.3. The Balaban J connectivity index is 1.85. The fraction of sp³-hybridized carbons (Fsp3) is 0.267. The van der Waals surface area contributed by atoms with Gasteiger partial charge in [-0.15, -0.1) is 6.58 Å². The Hall–Kier alpha value is -4.64. The highest BCUT2D eigenvalue weighted by molar-refractivity contribution is 7.07. The van der Waals surface area contributed by atoms with Crippen LogP contribution in [-0.4, -0.2) is 50.9 Å². The molecule has 2 aliphatic rings. The molecule has 0 bridgehead atoms. The van der Waals surface area contributed by atoms with E-state index in [4.69, 9.17) is 18.9 Å². The van der Waals surface area contributed by atoms with Crippen LogP contribution in [0.1, 0.15) is 31.0 Å². The molecular formula is C30H29N3O7S. The van der Waals surface area contributed by atoms with Gasteiger partial charge in [0.15, 0.2) is 16.3 Å². The zero-order chi connectivity index (χ0) is 29.4. The molecule has 1 aromatic heterocycles. The van der Waals surface area contributed by atoms with Gasteiger partial charge in [0.25, 0.3) is 11.5 Å². The Labute approximate surface area is 240 Å². The van der Waals surface area contributed by atoms with E-state index >= 15 is 0 Å². The molecule has 1 unspecified atom stereocenters. The number of ether oxygens (including phenoxy) is 4. The molecule has 212 valence electrons. The van der Waals surface area contributed by atoms with Crippen molar-refractivity contribution >= 4 is 34.5 Å². The molecule has 0 aliphatic carbocycles. The molecule has 5 rings (SSSR count). The number of carbonyl (C=O) groups is 2. The van der Waals surface area contributed by atoms with Gasteiger partial charge in [-0.25, -0.2) is 9.79 Å². The first-order chi connectivity index (χ1) is 19.8. The highest BCUT2D eigenvalue weighted by Gasteiger charge is 2.37. The van der Waals surface area contributed by atoms with E-state index in [1.807, 2.05) is 24.3 Å². The van der Waals surface area contributed by atoms with Gasteiger partial charge in [0, 0.05) is 12.1 Å². The quantitative estimate of drug-likeness (QED) is 0.300. The molecule has 3 heterocycles. The third kappa shape index (κ3) is 4.42. The number of hydrogen-bond acceptors (Lipinski definition) is 9. The summed E-state index contributed by atoms with van der Waals surface area (Å²) in [5.41, 5.74) is 2.27. The summed E-state index contributed by atoms with van der Waals surface area (Å²) in [4.78, 5) is 47.9. The molecule has 1 atom stereocenters. The van der Waals surface area contributed by atoms with E-state index < -0.39 is 17.6 Å². The Bertz CT molecular complexity index is 1780. The van der Waals surface area contributed by atoms with E-state index in [0.29, 0.717) is 44.6 Å². The summed E-state index contributed by atoms with van der Waals surface area (Å²) in [7, 11) is 4.46. The Morgan fingerprint density at radius 1 is 1.10 bits per heavy atom. The summed E-state index contributed by atoms with van der Waals surface area (Å²) >= 11 is 1.10. The van der Waals surface area contributed by atoms with Crippen molar-refractivity contribution in [3.8, 4) is 17.2 Å². The lowest BCUT2D eigenvalue weighted by Gasteiger charge is -2.26. The first-order valence-electron chi connectivity index (χ1n) is 12.8.